The van der Waals surface area contributed by atoms with Crippen molar-refractivity contribution in [2.24, 2.45) is 5.10 Å². The van der Waals surface area contributed by atoms with Crippen molar-refractivity contribution in [2.45, 2.75) is 26.7 Å². The molecule has 4 heteroatoms. The van der Waals surface area contributed by atoms with Crippen LogP contribution in [0.1, 0.15) is 30.9 Å². The number of hydrazone groups is 1. The maximum absolute atomic E-state index is 5.32. The van der Waals surface area contributed by atoms with Gasteiger partial charge in [0.2, 0.25) is 0 Å². The quantitative estimate of drug-likeness (QED) is 0.485. The van der Waals surface area contributed by atoms with Gasteiger partial charge in [0.05, 0.1) is 5.71 Å². The minimum atomic E-state index is 0.499. The molecule has 3 nitrogen and oxygen atoms in total. The summed E-state index contributed by atoms with van der Waals surface area (Å²) in [5, 5.41) is 8.14. The van der Waals surface area contributed by atoms with E-state index in [1.165, 1.54) is 0 Å². The summed E-state index contributed by atoms with van der Waals surface area (Å²) in [6.45, 7) is 4.18. The number of aryl methyl sites for hydroxylation is 1. The third kappa shape index (κ3) is 4.67. The summed E-state index contributed by atoms with van der Waals surface area (Å²) in [5.74, 6) is 0. The highest BCUT2D eigenvalue weighted by Crippen LogP contribution is 2.12. The Hall–Kier alpha value is -2.20. The molecule has 0 fully saturated rings. The van der Waals surface area contributed by atoms with E-state index >= 15 is 0 Å². The molecule has 2 aromatic rings. The van der Waals surface area contributed by atoms with E-state index in [4.69, 9.17) is 12.2 Å². The molecule has 22 heavy (non-hydrogen) atoms. The molecular formula is C18H21N3S. The number of nitrogens with zero attached hydrogens (tertiary/aromatic N) is 1. The zero-order valence-corrected chi connectivity index (χ0v) is 13.8. The highest BCUT2D eigenvalue weighted by atomic mass is 32.1. The van der Waals surface area contributed by atoms with E-state index in [-0.39, 0.29) is 0 Å². The molecule has 0 atom stereocenters. The van der Waals surface area contributed by atoms with Crippen molar-refractivity contribution in [3.05, 3.63) is 65.7 Å². The number of nitrogens with one attached hydrogen (secondary N) is 2. The number of hydrogen-bond acceptors (Lipinski definition) is 2. The van der Waals surface area contributed by atoms with Crippen LogP contribution in [0, 0.1) is 6.92 Å². The summed E-state index contributed by atoms with van der Waals surface area (Å²) < 4.78 is 0. The monoisotopic (exact) mass is 311 g/mol. The van der Waals surface area contributed by atoms with E-state index in [1.807, 2.05) is 49.4 Å². The van der Waals surface area contributed by atoms with E-state index in [1.54, 1.807) is 0 Å². The molecule has 2 N–H and O–H groups in total. The van der Waals surface area contributed by atoms with Crippen molar-refractivity contribution in [3.8, 4) is 0 Å². The summed E-state index contributed by atoms with van der Waals surface area (Å²) in [5.41, 5.74) is 7.22. The Labute approximate surface area is 137 Å². The van der Waals surface area contributed by atoms with Gasteiger partial charge in [-0.25, -0.2) is 0 Å². The fraction of sp³-hybridized carbons (Fsp3) is 0.222. The fourth-order valence-corrected chi connectivity index (χ4v) is 2.27. The predicted molar refractivity (Wildman–Crippen MR) is 98.4 cm³/mol. The minimum Gasteiger partial charge on any atom is -0.331 e. The molecule has 0 amide bonds. The van der Waals surface area contributed by atoms with Crippen LogP contribution >= 0.6 is 12.2 Å². The first-order valence-electron chi connectivity index (χ1n) is 7.45. The molecule has 0 bridgehead atoms. The van der Waals surface area contributed by atoms with Crippen molar-refractivity contribution in [3.63, 3.8) is 0 Å². The summed E-state index contributed by atoms with van der Waals surface area (Å²) >= 11 is 5.32. The molecule has 0 aliphatic heterocycles. The van der Waals surface area contributed by atoms with Crippen LogP contribution in [0.4, 0.5) is 5.69 Å². The van der Waals surface area contributed by atoms with Crippen LogP contribution in [-0.4, -0.2) is 10.8 Å². The summed E-state index contributed by atoms with van der Waals surface area (Å²) in [7, 11) is 0. The Morgan fingerprint density at radius 2 is 1.73 bits per heavy atom. The molecule has 114 valence electrons. The first-order chi connectivity index (χ1) is 10.7. The second kappa shape index (κ2) is 8.29. The van der Waals surface area contributed by atoms with Gasteiger partial charge in [-0.1, -0.05) is 61.9 Å². The van der Waals surface area contributed by atoms with Crippen LogP contribution < -0.4 is 10.7 Å². The van der Waals surface area contributed by atoms with Crippen LogP contribution in [0.15, 0.2) is 59.7 Å². The first kappa shape index (κ1) is 16.2. The lowest BCUT2D eigenvalue weighted by Crippen LogP contribution is -2.25. The molecule has 2 rings (SSSR count). The average Bonchev–Trinajstić information content (AvgIpc) is 2.54. The third-order valence-corrected chi connectivity index (χ3v) is 3.47. The third-order valence-electron chi connectivity index (χ3n) is 3.28. The van der Waals surface area contributed by atoms with Crippen molar-refractivity contribution in [1.82, 2.24) is 5.43 Å². The molecule has 0 saturated heterocycles. The Kier molecular flexibility index (Phi) is 6.10. The number of benzene rings is 2. The zero-order chi connectivity index (χ0) is 15.8. The van der Waals surface area contributed by atoms with Crippen molar-refractivity contribution < 1.29 is 0 Å². The highest BCUT2D eigenvalue weighted by Gasteiger charge is 2.03. The van der Waals surface area contributed by atoms with Gasteiger partial charge in [0, 0.05) is 5.69 Å². The zero-order valence-electron chi connectivity index (χ0n) is 13.0. The van der Waals surface area contributed by atoms with Gasteiger partial charge in [-0.2, -0.15) is 5.10 Å². The second-order valence-corrected chi connectivity index (χ2v) is 5.46. The van der Waals surface area contributed by atoms with E-state index in [2.05, 4.69) is 34.9 Å². The topological polar surface area (TPSA) is 36.4 Å². The molecule has 0 unspecified atom stereocenters. The van der Waals surface area contributed by atoms with Gasteiger partial charge in [0.1, 0.15) is 0 Å². The van der Waals surface area contributed by atoms with E-state index in [0.29, 0.717) is 5.11 Å². The summed E-state index contributed by atoms with van der Waals surface area (Å²) in [4.78, 5) is 0. The normalized spacial score (nSPS) is 11.1. The van der Waals surface area contributed by atoms with Crippen LogP contribution in [0.2, 0.25) is 0 Å². The molecule has 0 aromatic heterocycles. The predicted octanol–water partition coefficient (Wildman–Crippen LogP) is 4.49. The maximum Gasteiger partial charge on any atom is 0.191 e. The Morgan fingerprint density at radius 3 is 2.41 bits per heavy atom. The number of para-hydroxylation sites is 1. The molecule has 0 aliphatic rings. The highest BCUT2D eigenvalue weighted by molar-refractivity contribution is 7.80. The summed E-state index contributed by atoms with van der Waals surface area (Å²) in [6, 6.07) is 18.2. The van der Waals surface area contributed by atoms with E-state index in [0.717, 1.165) is 35.4 Å². The van der Waals surface area contributed by atoms with E-state index in [9.17, 15) is 0 Å². The van der Waals surface area contributed by atoms with Crippen molar-refractivity contribution in [2.75, 3.05) is 5.32 Å². The molecule has 0 aliphatic carbocycles. The lowest BCUT2D eigenvalue weighted by Gasteiger charge is -2.11. The SMILES string of the molecule is CCC/C(=N/NC(=S)Nc1ccccc1C)c1ccccc1. The lowest BCUT2D eigenvalue weighted by molar-refractivity contribution is 0.954. The molecule has 0 radical (unpaired) electrons. The van der Waals surface area contributed by atoms with Crippen molar-refractivity contribution in [1.29, 1.82) is 0 Å². The van der Waals surface area contributed by atoms with Gasteiger partial charge in [-0.3, -0.25) is 5.43 Å². The average molecular weight is 311 g/mol. The number of hydrogen-bond donors (Lipinski definition) is 2. The largest absolute Gasteiger partial charge is 0.331 e. The first-order valence-corrected chi connectivity index (χ1v) is 7.86. The van der Waals surface area contributed by atoms with Gasteiger partial charge in [-0.15, -0.1) is 0 Å². The van der Waals surface area contributed by atoms with Crippen LogP contribution in [0.5, 0.6) is 0 Å². The number of thiocarbonyl (C=S) groups is 1. The van der Waals surface area contributed by atoms with Gasteiger partial charge >= 0.3 is 0 Å². The van der Waals surface area contributed by atoms with E-state index < -0.39 is 0 Å². The number of rotatable bonds is 5. The van der Waals surface area contributed by atoms with Crippen LogP contribution in [-0.2, 0) is 0 Å². The lowest BCUT2D eigenvalue weighted by atomic mass is 10.1. The standard InChI is InChI=1S/C18H21N3S/c1-3-9-17(15-11-5-4-6-12-15)20-21-18(22)19-16-13-8-7-10-14(16)2/h4-8,10-13H,3,9H2,1-2H3,(H2,19,21,22)/b20-17-. The van der Waals surface area contributed by atoms with Crippen LogP contribution in [0.25, 0.3) is 0 Å². The number of anilines is 1. The Balaban J connectivity index is 2.04. The molecule has 0 saturated carbocycles. The summed E-state index contributed by atoms with van der Waals surface area (Å²) in [6.07, 6.45) is 1.94. The Morgan fingerprint density at radius 1 is 1.05 bits per heavy atom. The maximum atomic E-state index is 5.32. The second-order valence-electron chi connectivity index (χ2n) is 5.06. The van der Waals surface area contributed by atoms with Gasteiger partial charge in [0.15, 0.2) is 5.11 Å². The van der Waals surface area contributed by atoms with Crippen LogP contribution in [0.3, 0.4) is 0 Å². The van der Waals surface area contributed by atoms with Gasteiger partial charge < -0.3 is 5.32 Å². The van der Waals surface area contributed by atoms with Gasteiger partial charge in [0.25, 0.3) is 0 Å². The molecule has 2 aromatic carbocycles. The smallest absolute Gasteiger partial charge is 0.191 e. The molecule has 0 spiro atoms. The molecular weight excluding hydrogens is 290 g/mol. The minimum absolute atomic E-state index is 0.499. The Bertz CT molecular complexity index is 650. The van der Waals surface area contributed by atoms with Crippen molar-refractivity contribution >= 4 is 28.7 Å². The van der Waals surface area contributed by atoms with Gasteiger partial charge in [-0.05, 0) is 42.8 Å². The fourth-order valence-electron chi connectivity index (χ4n) is 2.11. The molecule has 0 heterocycles.